The van der Waals surface area contributed by atoms with Gasteiger partial charge in [0.2, 0.25) is 0 Å². The van der Waals surface area contributed by atoms with Crippen LogP contribution in [-0.4, -0.2) is 40.0 Å². The van der Waals surface area contributed by atoms with E-state index in [9.17, 15) is 19.1 Å². The SMILES string of the molecule is Cn1c(Nc2ccc(I)cc2F)c(C(=O)NOCC(O)CO)c2occc2c1=O. The molecule has 1 atom stereocenters. The Kier molecular flexibility index (Phi) is 6.52. The van der Waals surface area contributed by atoms with Crippen molar-refractivity contribution in [1.29, 1.82) is 0 Å². The highest BCUT2D eigenvalue weighted by Crippen LogP contribution is 2.28. The van der Waals surface area contributed by atoms with Crippen molar-refractivity contribution in [1.82, 2.24) is 10.0 Å². The van der Waals surface area contributed by atoms with Crippen LogP contribution in [0.3, 0.4) is 0 Å². The molecule has 0 fully saturated rings. The molecular weight excluding hydrogens is 500 g/mol. The summed E-state index contributed by atoms with van der Waals surface area (Å²) < 4.78 is 21.5. The van der Waals surface area contributed by atoms with Crippen LogP contribution in [0, 0.1) is 9.39 Å². The first kappa shape index (κ1) is 21.2. The predicted octanol–water partition coefficient (Wildman–Crippen LogP) is 1.63. The second-order valence-electron chi connectivity index (χ2n) is 6.08. The second kappa shape index (κ2) is 8.90. The van der Waals surface area contributed by atoms with Crippen LogP contribution in [0.2, 0.25) is 0 Å². The molecule has 2 heterocycles. The maximum absolute atomic E-state index is 14.3. The van der Waals surface area contributed by atoms with E-state index < -0.39 is 30.0 Å². The first-order valence-corrected chi connectivity index (χ1v) is 9.44. The number of carbonyl (C=O) groups excluding carboxylic acids is 1. The van der Waals surface area contributed by atoms with Crippen LogP contribution in [-0.2, 0) is 11.9 Å². The van der Waals surface area contributed by atoms with Crippen LogP contribution in [0.15, 0.2) is 39.7 Å². The number of aliphatic hydroxyl groups excluding tert-OH is 2. The summed E-state index contributed by atoms with van der Waals surface area (Å²) in [6, 6.07) is 5.85. The fourth-order valence-electron chi connectivity index (χ4n) is 2.61. The lowest BCUT2D eigenvalue weighted by molar-refractivity contribution is -0.0294. The average Bonchev–Trinajstić information content (AvgIpc) is 3.17. The maximum Gasteiger partial charge on any atom is 0.282 e. The Bertz CT molecular complexity index is 1110. The number of nitrogens with zero attached hydrogens (tertiary/aromatic N) is 1. The van der Waals surface area contributed by atoms with Crippen molar-refractivity contribution in [3.8, 4) is 0 Å². The number of halogens is 2. The van der Waals surface area contributed by atoms with Crippen molar-refractivity contribution in [3.05, 3.63) is 55.8 Å². The van der Waals surface area contributed by atoms with Gasteiger partial charge in [-0.05, 0) is 46.9 Å². The van der Waals surface area contributed by atoms with E-state index in [0.717, 1.165) is 4.57 Å². The lowest BCUT2D eigenvalue weighted by Gasteiger charge is -2.17. The van der Waals surface area contributed by atoms with Gasteiger partial charge in [0, 0.05) is 10.6 Å². The highest BCUT2D eigenvalue weighted by Gasteiger charge is 2.24. The van der Waals surface area contributed by atoms with Crippen LogP contribution in [0.4, 0.5) is 15.9 Å². The van der Waals surface area contributed by atoms with E-state index in [4.69, 9.17) is 14.4 Å². The summed E-state index contributed by atoms with van der Waals surface area (Å²) in [6.07, 6.45) is 0.0756. The van der Waals surface area contributed by atoms with Crippen LogP contribution < -0.4 is 16.4 Å². The molecule has 2 aromatic heterocycles. The molecule has 1 unspecified atom stereocenters. The fourth-order valence-corrected chi connectivity index (χ4v) is 3.06. The van der Waals surface area contributed by atoms with Crippen LogP contribution in [0.25, 0.3) is 11.0 Å². The third-order valence-corrected chi connectivity index (χ3v) is 4.73. The number of carbonyl (C=O) groups is 1. The molecule has 4 N–H and O–H groups in total. The molecule has 1 aromatic carbocycles. The van der Waals surface area contributed by atoms with Crippen molar-refractivity contribution in [2.45, 2.75) is 6.10 Å². The number of benzene rings is 1. The van der Waals surface area contributed by atoms with Gasteiger partial charge in [-0.1, -0.05) is 0 Å². The van der Waals surface area contributed by atoms with Gasteiger partial charge in [0.15, 0.2) is 5.58 Å². The first-order chi connectivity index (χ1) is 13.8. The van der Waals surface area contributed by atoms with Crippen molar-refractivity contribution in [3.63, 3.8) is 0 Å². The smallest absolute Gasteiger partial charge is 0.282 e. The van der Waals surface area contributed by atoms with E-state index in [1.807, 2.05) is 22.6 Å². The summed E-state index contributed by atoms with van der Waals surface area (Å²) in [7, 11) is 1.43. The molecule has 1 amide bonds. The number of nitrogens with one attached hydrogen (secondary N) is 2. The van der Waals surface area contributed by atoms with Crippen LogP contribution >= 0.6 is 22.6 Å². The summed E-state index contributed by atoms with van der Waals surface area (Å²) in [6.45, 7) is -0.902. The average molecular weight is 517 g/mol. The predicted molar refractivity (Wildman–Crippen MR) is 110 cm³/mol. The number of aliphatic hydroxyl groups is 2. The first-order valence-electron chi connectivity index (χ1n) is 8.36. The summed E-state index contributed by atoms with van der Waals surface area (Å²) in [4.78, 5) is 30.3. The van der Waals surface area contributed by atoms with E-state index in [0.29, 0.717) is 3.57 Å². The molecule has 0 saturated carbocycles. The minimum Gasteiger partial charge on any atom is -0.463 e. The molecule has 0 aliphatic heterocycles. The minimum absolute atomic E-state index is 0.00896. The van der Waals surface area contributed by atoms with E-state index in [1.165, 1.54) is 31.5 Å². The highest BCUT2D eigenvalue weighted by atomic mass is 127. The number of pyridine rings is 1. The zero-order valence-corrected chi connectivity index (χ0v) is 17.3. The fraction of sp³-hybridized carbons (Fsp3) is 0.222. The van der Waals surface area contributed by atoms with Crippen molar-refractivity contribution < 1.29 is 28.7 Å². The Morgan fingerprint density at radius 3 is 2.86 bits per heavy atom. The molecule has 0 bridgehead atoms. The van der Waals surface area contributed by atoms with Crippen molar-refractivity contribution >= 4 is 51.0 Å². The normalized spacial score (nSPS) is 12.2. The Hall–Kier alpha value is -2.48. The van der Waals surface area contributed by atoms with Gasteiger partial charge in [-0.25, -0.2) is 9.87 Å². The molecule has 0 aliphatic rings. The van der Waals surface area contributed by atoms with Gasteiger partial charge in [0.25, 0.3) is 11.5 Å². The molecule has 11 heteroatoms. The summed E-state index contributed by atoms with van der Waals surface area (Å²) in [5.74, 6) is -1.38. The number of hydrogen-bond acceptors (Lipinski definition) is 7. The molecule has 0 spiro atoms. The zero-order valence-electron chi connectivity index (χ0n) is 15.1. The largest absolute Gasteiger partial charge is 0.463 e. The van der Waals surface area contributed by atoms with Crippen molar-refractivity contribution in [2.75, 3.05) is 18.5 Å². The number of rotatable bonds is 7. The van der Waals surface area contributed by atoms with Gasteiger partial charge >= 0.3 is 0 Å². The molecule has 0 saturated heterocycles. The van der Waals surface area contributed by atoms with Gasteiger partial charge in [-0.3, -0.25) is 19.0 Å². The Morgan fingerprint density at radius 2 is 2.17 bits per heavy atom. The lowest BCUT2D eigenvalue weighted by atomic mass is 10.1. The Balaban J connectivity index is 2.05. The number of anilines is 2. The molecule has 154 valence electrons. The number of hydroxylamine groups is 1. The number of furan rings is 1. The molecule has 0 radical (unpaired) electrons. The second-order valence-corrected chi connectivity index (χ2v) is 7.32. The molecule has 3 aromatic rings. The van der Waals surface area contributed by atoms with E-state index >= 15 is 0 Å². The standard InChI is InChI=1S/C18H17FIN3O6/c1-23-16(21-13-3-2-9(20)6-12(13)19)14(15-11(18(23)27)4-5-28-15)17(26)22-29-8-10(25)7-24/h2-6,10,21,24-25H,7-8H2,1H3,(H,22,26). The molecule has 0 aliphatic carbocycles. The number of aromatic nitrogens is 1. The van der Waals surface area contributed by atoms with Gasteiger partial charge in [0.05, 0.1) is 23.9 Å². The topological polar surface area (TPSA) is 126 Å². The highest BCUT2D eigenvalue weighted by molar-refractivity contribution is 14.1. The molecule has 9 nitrogen and oxygen atoms in total. The molecular formula is C18H17FIN3O6. The quantitative estimate of drug-likeness (QED) is 0.277. The lowest BCUT2D eigenvalue weighted by Crippen LogP contribution is -2.32. The van der Waals surface area contributed by atoms with E-state index in [1.54, 1.807) is 6.07 Å². The molecule has 3 rings (SSSR count). The van der Waals surface area contributed by atoms with E-state index in [-0.39, 0.29) is 34.6 Å². The monoisotopic (exact) mass is 517 g/mol. The van der Waals surface area contributed by atoms with Crippen LogP contribution in [0.5, 0.6) is 0 Å². The summed E-state index contributed by atoms with van der Waals surface area (Å²) >= 11 is 1.96. The van der Waals surface area contributed by atoms with Gasteiger partial charge in [-0.2, -0.15) is 0 Å². The Morgan fingerprint density at radius 1 is 1.41 bits per heavy atom. The number of hydrogen-bond donors (Lipinski definition) is 4. The third-order valence-electron chi connectivity index (χ3n) is 4.06. The van der Waals surface area contributed by atoms with Gasteiger partial charge in [-0.15, -0.1) is 0 Å². The molecule has 29 heavy (non-hydrogen) atoms. The summed E-state index contributed by atoms with van der Waals surface area (Å²) in [5, 5.41) is 21.1. The number of amides is 1. The van der Waals surface area contributed by atoms with Gasteiger partial charge in [0.1, 0.15) is 29.9 Å². The maximum atomic E-state index is 14.3. The summed E-state index contributed by atoms with van der Waals surface area (Å²) in [5.41, 5.74) is 1.62. The van der Waals surface area contributed by atoms with Crippen molar-refractivity contribution in [2.24, 2.45) is 7.05 Å². The van der Waals surface area contributed by atoms with Crippen LogP contribution in [0.1, 0.15) is 10.4 Å². The Labute approximate surface area is 177 Å². The number of fused-ring (bicyclic) bond motifs is 1. The third kappa shape index (κ3) is 4.42. The minimum atomic E-state index is -1.18. The zero-order chi connectivity index (χ0) is 21.1. The van der Waals surface area contributed by atoms with Gasteiger partial charge < -0.3 is 19.9 Å². The van der Waals surface area contributed by atoms with E-state index in [2.05, 4.69) is 10.8 Å².